The van der Waals surface area contributed by atoms with Gasteiger partial charge < -0.3 is 0 Å². The lowest BCUT2D eigenvalue weighted by Crippen LogP contribution is -1.99. The predicted octanol–water partition coefficient (Wildman–Crippen LogP) is 3.57. The highest BCUT2D eigenvalue weighted by atomic mass is 16.1. The van der Waals surface area contributed by atoms with Crippen molar-refractivity contribution in [1.82, 2.24) is 4.98 Å². The Morgan fingerprint density at radius 1 is 1.00 bits per heavy atom. The normalized spacial score (nSPS) is 10.3. The van der Waals surface area contributed by atoms with Crippen molar-refractivity contribution in [2.45, 2.75) is 20.8 Å². The van der Waals surface area contributed by atoms with Gasteiger partial charge in [0.25, 0.3) is 0 Å². The summed E-state index contributed by atoms with van der Waals surface area (Å²) < 4.78 is 0. The van der Waals surface area contributed by atoms with Crippen molar-refractivity contribution in [3.05, 3.63) is 53.2 Å². The van der Waals surface area contributed by atoms with Gasteiger partial charge in [0.2, 0.25) is 0 Å². The molecule has 2 heteroatoms. The fraction of sp³-hybridized carbons (Fsp3) is 0.200. The summed E-state index contributed by atoms with van der Waals surface area (Å²) in [6, 6.07) is 11.7. The SMILES string of the molecule is CC(=O)c1cccc(-c2c(C)cccc2C)n1. The Morgan fingerprint density at radius 3 is 2.18 bits per heavy atom. The van der Waals surface area contributed by atoms with E-state index in [0.717, 1.165) is 11.3 Å². The molecule has 0 aliphatic carbocycles. The molecular weight excluding hydrogens is 210 g/mol. The Kier molecular flexibility index (Phi) is 3.05. The maximum Gasteiger partial charge on any atom is 0.178 e. The Hall–Kier alpha value is -1.96. The molecule has 1 aromatic heterocycles. The molecule has 0 unspecified atom stereocenters. The number of carbonyl (C=O) groups excluding carboxylic acids is 1. The maximum absolute atomic E-state index is 11.3. The van der Waals surface area contributed by atoms with Gasteiger partial charge in [-0.3, -0.25) is 4.79 Å². The van der Waals surface area contributed by atoms with Crippen molar-refractivity contribution in [3.63, 3.8) is 0 Å². The summed E-state index contributed by atoms with van der Waals surface area (Å²) in [5.41, 5.74) is 4.87. The standard InChI is InChI=1S/C15H15NO/c1-10-6-4-7-11(2)15(10)14-9-5-8-13(16-14)12(3)17/h4-9H,1-3H3. The molecule has 0 bridgehead atoms. The summed E-state index contributed by atoms with van der Waals surface area (Å²) in [6.07, 6.45) is 0. The zero-order chi connectivity index (χ0) is 12.4. The first kappa shape index (κ1) is 11.5. The summed E-state index contributed by atoms with van der Waals surface area (Å²) in [6.45, 7) is 5.66. The molecule has 2 aromatic rings. The van der Waals surface area contributed by atoms with E-state index in [4.69, 9.17) is 0 Å². The third kappa shape index (κ3) is 2.26. The van der Waals surface area contributed by atoms with Gasteiger partial charge in [-0.05, 0) is 37.1 Å². The highest BCUT2D eigenvalue weighted by Crippen LogP contribution is 2.25. The molecule has 17 heavy (non-hydrogen) atoms. The maximum atomic E-state index is 11.3. The molecule has 0 N–H and O–H groups in total. The van der Waals surface area contributed by atoms with Gasteiger partial charge in [-0.2, -0.15) is 0 Å². The molecule has 86 valence electrons. The van der Waals surface area contributed by atoms with E-state index >= 15 is 0 Å². The van der Waals surface area contributed by atoms with E-state index in [-0.39, 0.29) is 5.78 Å². The molecule has 0 saturated heterocycles. The number of hydrogen-bond acceptors (Lipinski definition) is 2. The van der Waals surface area contributed by atoms with E-state index in [2.05, 4.69) is 31.0 Å². The first-order chi connectivity index (χ1) is 8.09. The first-order valence-corrected chi connectivity index (χ1v) is 5.64. The summed E-state index contributed by atoms with van der Waals surface area (Å²) in [4.78, 5) is 15.8. The van der Waals surface area contributed by atoms with Crippen LogP contribution in [0.2, 0.25) is 0 Å². The number of hydrogen-bond donors (Lipinski definition) is 0. The van der Waals surface area contributed by atoms with Crippen LogP contribution in [-0.4, -0.2) is 10.8 Å². The molecular formula is C15H15NO. The summed E-state index contributed by atoms with van der Waals surface area (Å²) in [7, 11) is 0. The van der Waals surface area contributed by atoms with Gasteiger partial charge in [-0.15, -0.1) is 0 Å². The van der Waals surface area contributed by atoms with Crippen LogP contribution in [0.3, 0.4) is 0 Å². The minimum atomic E-state index is -0.00177. The van der Waals surface area contributed by atoms with E-state index in [9.17, 15) is 4.79 Å². The molecule has 0 radical (unpaired) electrons. The summed E-state index contributed by atoms with van der Waals surface area (Å²) >= 11 is 0. The number of aromatic nitrogens is 1. The lowest BCUT2D eigenvalue weighted by Gasteiger charge is -2.09. The summed E-state index contributed by atoms with van der Waals surface area (Å²) in [5.74, 6) is -0.00177. The van der Waals surface area contributed by atoms with Gasteiger partial charge in [0.1, 0.15) is 5.69 Å². The molecule has 2 nitrogen and oxygen atoms in total. The molecule has 1 heterocycles. The lowest BCUT2D eigenvalue weighted by atomic mass is 9.99. The van der Waals surface area contributed by atoms with Crippen LogP contribution in [0.5, 0.6) is 0 Å². The number of aryl methyl sites for hydroxylation is 2. The van der Waals surface area contributed by atoms with Crippen LogP contribution in [0.15, 0.2) is 36.4 Å². The van der Waals surface area contributed by atoms with Crippen LogP contribution in [0.25, 0.3) is 11.3 Å². The third-order valence-electron chi connectivity index (χ3n) is 2.85. The van der Waals surface area contributed by atoms with Crippen molar-refractivity contribution < 1.29 is 4.79 Å². The average Bonchev–Trinajstić information content (AvgIpc) is 2.29. The van der Waals surface area contributed by atoms with Crippen molar-refractivity contribution in [3.8, 4) is 11.3 Å². The van der Waals surface area contributed by atoms with E-state index in [1.165, 1.54) is 18.1 Å². The molecule has 0 atom stereocenters. The lowest BCUT2D eigenvalue weighted by molar-refractivity contribution is 0.101. The Balaban J connectivity index is 2.61. The van der Waals surface area contributed by atoms with Crippen LogP contribution in [0.4, 0.5) is 0 Å². The molecule has 1 aromatic carbocycles. The first-order valence-electron chi connectivity index (χ1n) is 5.64. The number of benzene rings is 1. The smallest absolute Gasteiger partial charge is 0.178 e. The second-order valence-corrected chi connectivity index (χ2v) is 4.23. The van der Waals surface area contributed by atoms with E-state index in [1.54, 1.807) is 6.07 Å². The van der Waals surface area contributed by atoms with Gasteiger partial charge in [0.15, 0.2) is 5.78 Å². The number of ketones is 1. The fourth-order valence-electron chi connectivity index (χ4n) is 1.99. The van der Waals surface area contributed by atoms with Gasteiger partial charge in [-0.25, -0.2) is 4.98 Å². The number of Topliss-reactive ketones (excluding diaryl/α,β-unsaturated/α-hetero) is 1. The third-order valence-corrected chi connectivity index (χ3v) is 2.85. The van der Waals surface area contributed by atoms with E-state index < -0.39 is 0 Å². The van der Waals surface area contributed by atoms with E-state index in [0.29, 0.717) is 5.69 Å². The van der Waals surface area contributed by atoms with Crippen molar-refractivity contribution >= 4 is 5.78 Å². The highest BCUT2D eigenvalue weighted by molar-refractivity contribution is 5.92. The Morgan fingerprint density at radius 2 is 1.59 bits per heavy atom. The van der Waals surface area contributed by atoms with Gasteiger partial charge in [-0.1, -0.05) is 24.3 Å². The summed E-state index contributed by atoms with van der Waals surface area (Å²) in [5, 5.41) is 0. The topological polar surface area (TPSA) is 30.0 Å². The minimum Gasteiger partial charge on any atom is -0.293 e. The van der Waals surface area contributed by atoms with Crippen molar-refractivity contribution in [2.75, 3.05) is 0 Å². The highest BCUT2D eigenvalue weighted by Gasteiger charge is 2.08. The monoisotopic (exact) mass is 225 g/mol. The van der Waals surface area contributed by atoms with Gasteiger partial charge >= 0.3 is 0 Å². The van der Waals surface area contributed by atoms with Crippen molar-refractivity contribution in [1.29, 1.82) is 0 Å². The van der Waals surface area contributed by atoms with Crippen molar-refractivity contribution in [2.24, 2.45) is 0 Å². The molecule has 0 fully saturated rings. The largest absolute Gasteiger partial charge is 0.293 e. The number of rotatable bonds is 2. The number of pyridine rings is 1. The number of nitrogens with zero attached hydrogens (tertiary/aromatic N) is 1. The molecule has 0 amide bonds. The second-order valence-electron chi connectivity index (χ2n) is 4.23. The molecule has 0 aliphatic heterocycles. The van der Waals surface area contributed by atoms with Crippen LogP contribution in [0.1, 0.15) is 28.5 Å². The molecule has 0 aliphatic rings. The molecule has 2 rings (SSSR count). The predicted molar refractivity (Wildman–Crippen MR) is 69.2 cm³/mol. The quantitative estimate of drug-likeness (QED) is 0.731. The van der Waals surface area contributed by atoms with Crippen LogP contribution >= 0.6 is 0 Å². The minimum absolute atomic E-state index is 0.00177. The average molecular weight is 225 g/mol. The zero-order valence-electron chi connectivity index (χ0n) is 10.3. The second kappa shape index (κ2) is 4.50. The zero-order valence-corrected chi connectivity index (χ0v) is 10.3. The number of carbonyl (C=O) groups is 1. The van der Waals surface area contributed by atoms with E-state index in [1.807, 2.05) is 18.2 Å². The van der Waals surface area contributed by atoms with Crippen LogP contribution in [0, 0.1) is 13.8 Å². The fourth-order valence-corrected chi connectivity index (χ4v) is 1.99. The Bertz CT molecular complexity index is 553. The van der Waals surface area contributed by atoms with Gasteiger partial charge in [0.05, 0.1) is 5.69 Å². The van der Waals surface area contributed by atoms with Crippen LogP contribution < -0.4 is 0 Å². The molecule has 0 spiro atoms. The van der Waals surface area contributed by atoms with Gasteiger partial charge in [0, 0.05) is 12.5 Å². The molecule has 0 saturated carbocycles. The Labute approximate surface area is 101 Å². The van der Waals surface area contributed by atoms with Crippen LogP contribution in [-0.2, 0) is 0 Å².